The van der Waals surface area contributed by atoms with E-state index in [1.54, 1.807) is 0 Å². The van der Waals surface area contributed by atoms with Gasteiger partial charge in [0.25, 0.3) is 0 Å². The molecule has 0 saturated heterocycles. The van der Waals surface area contributed by atoms with E-state index in [0.717, 1.165) is 32.1 Å². The molecule has 0 saturated carbocycles. The molecule has 0 fully saturated rings. The van der Waals surface area contributed by atoms with E-state index in [2.05, 4.69) is 48.8 Å². The highest BCUT2D eigenvalue weighted by molar-refractivity contribution is 7.47. The van der Waals surface area contributed by atoms with Gasteiger partial charge < -0.3 is 25.2 Å². The Labute approximate surface area is 343 Å². The van der Waals surface area contributed by atoms with Crippen LogP contribution in [-0.2, 0) is 37.5 Å². The van der Waals surface area contributed by atoms with E-state index >= 15 is 0 Å². The fraction of sp³-hybridized carbons (Fsp3) is 0.622. The number of rotatable bonds is 38. The van der Waals surface area contributed by atoms with Crippen LogP contribution in [0, 0.1) is 0 Å². The molecule has 4 N–H and O–H groups in total. The maximum atomic E-state index is 12.6. The zero-order valence-corrected chi connectivity index (χ0v) is 35.8. The summed E-state index contributed by atoms with van der Waals surface area (Å²) in [6.07, 6.45) is 48.1. The van der Waals surface area contributed by atoms with E-state index in [9.17, 15) is 23.8 Å². The molecule has 3 atom stereocenters. The number of esters is 2. The van der Waals surface area contributed by atoms with Gasteiger partial charge in [0.15, 0.2) is 6.10 Å². The van der Waals surface area contributed by atoms with Gasteiger partial charge in [0.05, 0.1) is 13.2 Å². The Balaban J connectivity index is 4.43. The minimum absolute atomic E-state index is 0.0598. The van der Waals surface area contributed by atoms with Gasteiger partial charge in [-0.05, 0) is 51.4 Å². The molecule has 2 unspecified atom stereocenters. The van der Waals surface area contributed by atoms with E-state index in [4.69, 9.17) is 24.8 Å². The third-order valence-corrected chi connectivity index (χ3v) is 9.48. The molecular formula is C45H74NO10P. The van der Waals surface area contributed by atoms with Crippen LogP contribution >= 0.6 is 7.82 Å². The molecule has 11 nitrogen and oxygen atoms in total. The standard InChI is InChI=1S/C45H74NO10P/c1-3-5-7-9-11-13-15-17-18-19-20-21-22-23-25-26-28-30-32-34-36-43(47)53-38-41(39-54-57(51,52)55-40-42(46)45(49)50)56-44(48)37-35-33-31-29-27-24-16-14-12-10-8-6-4-2/h6,8,10,12-18,24,27,29,31,41-42H,3-5,7,9,11,19-23,25-26,28,30,32-40,46H2,1-2H3,(H,49,50)(H,51,52)/b8-6+,12-10+,15-13+,16-14+,18-17+,27-24+,31-29+/t41?,42-/m1/s1. The van der Waals surface area contributed by atoms with Crippen molar-refractivity contribution in [2.24, 2.45) is 5.73 Å². The first-order valence-electron chi connectivity index (χ1n) is 21.2. The van der Waals surface area contributed by atoms with Gasteiger partial charge in [0.1, 0.15) is 12.6 Å². The number of ether oxygens (including phenoxy) is 2. The molecular weight excluding hydrogens is 745 g/mol. The van der Waals surface area contributed by atoms with Crippen molar-refractivity contribution in [2.45, 2.75) is 161 Å². The topological polar surface area (TPSA) is 172 Å². The van der Waals surface area contributed by atoms with Crippen molar-refractivity contribution in [3.63, 3.8) is 0 Å². The highest BCUT2D eigenvalue weighted by Crippen LogP contribution is 2.43. The van der Waals surface area contributed by atoms with Crippen molar-refractivity contribution < 1.29 is 47.5 Å². The molecule has 0 heterocycles. The molecule has 0 spiro atoms. The van der Waals surface area contributed by atoms with Gasteiger partial charge in [-0.2, -0.15) is 0 Å². The quantitative estimate of drug-likeness (QED) is 0.0234. The van der Waals surface area contributed by atoms with Gasteiger partial charge in [-0.15, -0.1) is 0 Å². The second kappa shape index (κ2) is 39.5. The first kappa shape index (κ1) is 53.7. The van der Waals surface area contributed by atoms with Gasteiger partial charge >= 0.3 is 25.7 Å². The summed E-state index contributed by atoms with van der Waals surface area (Å²) >= 11 is 0. The number of carbonyl (C=O) groups is 3. The molecule has 0 aliphatic carbocycles. The highest BCUT2D eigenvalue weighted by Gasteiger charge is 2.28. The Morgan fingerprint density at radius 1 is 0.561 bits per heavy atom. The maximum absolute atomic E-state index is 12.6. The number of phosphoric ester groups is 1. The van der Waals surface area contributed by atoms with Crippen LogP contribution in [0.1, 0.15) is 149 Å². The van der Waals surface area contributed by atoms with Gasteiger partial charge in [0.2, 0.25) is 0 Å². The predicted octanol–water partition coefficient (Wildman–Crippen LogP) is 11.1. The number of aliphatic carboxylic acids is 1. The summed E-state index contributed by atoms with van der Waals surface area (Å²) in [6, 6.07) is -1.54. The van der Waals surface area contributed by atoms with Crippen molar-refractivity contribution in [1.82, 2.24) is 0 Å². The molecule has 12 heteroatoms. The zero-order valence-electron chi connectivity index (χ0n) is 34.9. The van der Waals surface area contributed by atoms with Crippen molar-refractivity contribution >= 4 is 25.7 Å². The number of unbranched alkanes of at least 4 members (excludes halogenated alkanes) is 15. The van der Waals surface area contributed by atoms with Crippen LogP contribution in [0.4, 0.5) is 0 Å². The number of carboxylic acid groups (broad SMARTS) is 1. The molecule has 0 aromatic rings. The Bertz CT molecular complexity index is 1290. The second-order valence-corrected chi connectivity index (χ2v) is 15.3. The Morgan fingerprint density at radius 3 is 1.54 bits per heavy atom. The van der Waals surface area contributed by atoms with Gasteiger partial charge in [0, 0.05) is 12.8 Å². The average molecular weight is 820 g/mol. The van der Waals surface area contributed by atoms with E-state index in [-0.39, 0.29) is 19.4 Å². The number of nitrogens with two attached hydrogens (primary N) is 1. The largest absolute Gasteiger partial charge is 0.480 e. The number of carbonyl (C=O) groups excluding carboxylic acids is 2. The monoisotopic (exact) mass is 820 g/mol. The lowest BCUT2D eigenvalue weighted by molar-refractivity contribution is -0.161. The molecule has 0 aliphatic rings. The number of allylic oxidation sites excluding steroid dienone is 14. The molecule has 0 bridgehead atoms. The minimum Gasteiger partial charge on any atom is -0.480 e. The van der Waals surface area contributed by atoms with E-state index in [1.807, 2.05) is 54.7 Å². The maximum Gasteiger partial charge on any atom is 0.472 e. The fourth-order valence-electron chi connectivity index (χ4n) is 5.20. The Morgan fingerprint density at radius 2 is 1.00 bits per heavy atom. The summed E-state index contributed by atoms with van der Waals surface area (Å²) in [5.41, 5.74) is 5.32. The van der Waals surface area contributed by atoms with E-state index in [0.29, 0.717) is 19.3 Å². The lowest BCUT2D eigenvalue weighted by Crippen LogP contribution is -2.34. The third kappa shape index (κ3) is 39.3. The van der Waals surface area contributed by atoms with Crippen molar-refractivity contribution in [3.05, 3.63) is 85.1 Å². The lowest BCUT2D eigenvalue weighted by Gasteiger charge is -2.20. The molecule has 324 valence electrons. The van der Waals surface area contributed by atoms with Crippen LogP contribution in [0.5, 0.6) is 0 Å². The molecule has 0 rings (SSSR count). The van der Waals surface area contributed by atoms with E-state index < -0.39 is 51.1 Å². The number of carboxylic acids is 1. The first-order chi connectivity index (χ1) is 27.6. The number of phosphoric acid groups is 1. The SMILES string of the molecule is CC/C=C/C=C/C=C/C=C/C=C/CCCC(=O)OC(COC(=O)CCCCCCCCCCCC/C=C/C=C/CCCCCC)COP(=O)(O)OC[C@@H](N)C(=O)O. The first-order valence-corrected chi connectivity index (χ1v) is 22.7. The van der Waals surface area contributed by atoms with Crippen LogP contribution in [-0.4, -0.2) is 59.9 Å². The van der Waals surface area contributed by atoms with E-state index in [1.165, 1.54) is 70.6 Å². The molecule has 0 aromatic carbocycles. The average Bonchev–Trinajstić information content (AvgIpc) is 3.19. The van der Waals surface area contributed by atoms with Gasteiger partial charge in [-0.25, -0.2) is 4.57 Å². The summed E-state index contributed by atoms with van der Waals surface area (Å²) in [5, 5.41) is 8.88. The minimum atomic E-state index is -4.74. The van der Waals surface area contributed by atoms with Crippen LogP contribution < -0.4 is 5.73 Å². The molecule has 0 aliphatic heterocycles. The predicted molar refractivity (Wildman–Crippen MR) is 230 cm³/mol. The van der Waals surface area contributed by atoms with Crippen LogP contribution in [0.15, 0.2) is 85.1 Å². The number of hydrogen-bond acceptors (Lipinski definition) is 9. The summed E-state index contributed by atoms with van der Waals surface area (Å²) in [6.45, 7) is 2.54. The van der Waals surface area contributed by atoms with Crippen molar-refractivity contribution in [3.8, 4) is 0 Å². The fourth-order valence-corrected chi connectivity index (χ4v) is 5.98. The lowest BCUT2D eigenvalue weighted by atomic mass is 10.1. The summed E-state index contributed by atoms with van der Waals surface area (Å²) < 4.78 is 32.6. The summed E-state index contributed by atoms with van der Waals surface area (Å²) in [7, 11) is -4.74. The normalized spacial score (nSPS) is 14.6. The summed E-state index contributed by atoms with van der Waals surface area (Å²) in [5.74, 6) is -2.49. The van der Waals surface area contributed by atoms with Crippen LogP contribution in [0.25, 0.3) is 0 Å². The Kier molecular flexibility index (Phi) is 37.2. The molecule has 0 aromatic heterocycles. The van der Waals surface area contributed by atoms with Crippen LogP contribution in [0.3, 0.4) is 0 Å². The van der Waals surface area contributed by atoms with Crippen LogP contribution in [0.2, 0.25) is 0 Å². The van der Waals surface area contributed by atoms with Crippen molar-refractivity contribution in [1.29, 1.82) is 0 Å². The molecule has 57 heavy (non-hydrogen) atoms. The second-order valence-electron chi connectivity index (χ2n) is 13.9. The number of hydrogen-bond donors (Lipinski definition) is 3. The van der Waals surface area contributed by atoms with Gasteiger partial charge in [-0.3, -0.25) is 23.4 Å². The third-order valence-electron chi connectivity index (χ3n) is 8.53. The van der Waals surface area contributed by atoms with Gasteiger partial charge in [-0.1, -0.05) is 170 Å². The van der Waals surface area contributed by atoms with Crippen molar-refractivity contribution in [2.75, 3.05) is 19.8 Å². The molecule has 0 radical (unpaired) electrons. The summed E-state index contributed by atoms with van der Waals surface area (Å²) in [4.78, 5) is 45.9. The smallest absolute Gasteiger partial charge is 0.472 e. The molecule has 0 amide bonds. The Hall–Kier alpha value is -3.34. The zero-order chi connectivity index (χ0) is 42.1. The highest BCUT2D eigenvalue weighted by atomic mass is 31.2.